The minimum atomic E-state index is 0.629. The van der Waals surface area contributed by atoms with Gasteiger partial charge in [0.05, 0.1) is 0 Å². The number of anilines is 1. The zero-order valence-corrected chi connectivity index (χ0v) is 10.7. The van der Waals surface area contributed by atoms with Crippen molar-refractivity contribution in [1.29, 1.82) is 0 Å². The lowest BCUT2D eigenvalue weighted by atomic mass is 10.0. The monoisotopic (exact) mass is 240 g/mol. The summed E-state index contributed by atoms with van der Waals surface area (Å²) in [7, 11) is 0. The molecule has 1 aromatic rings. The fraction of sp³-hybridized carbons (Fsp3) is 0.818. The second-order valence-corrected chi connectivity index (χ2v) is 5.13. The van der Waals surface area contributed by atoms with Crippen molar-refractivity contribution >= 4 is 16.5 Å². The van der Waals surface area contributed by atoms with Crippen LogP contribution in [0.2, 0.25) is 0 Å². The molecule has 1 aliphatic heterocycles. The lowest BCUT2D eigenvalue weighted by Crippen LogP contribution is -2.44. The molecule has 1 atom stereocenters. The van der Waals surface area contributed by atoms with E-state index in [1.54, 1.807) is 11.3 Å². The van der Waals surface area contributed by atoms with Gasteiger partial charge in [0.25, 0.3) is 0 Å². The van der Waals surface area contributed by atoms with Gasteiger partial charge < -0.3 is 10.2 Å². The maximum Gasteiger partial charge on any atom is 0.208 e. The van der Waals surface area contributed by atoms with Gasteiger partial charge in [0.2, 0.25) is 5.13 Å². The molecule has 0 radical (unpaired) electrons. The molecule has 90 valence electrons. The van der Waals surface area contributed by atoms with Gasteiger partial charge >= 0.3 is 0 Å². The first-order valence-corrected chi connectivity index (χ1v) is 7.02. The molecular weight excluding hydrogens is 220 g/mol. The maximum atomic E-state index is 4.17. The highest BCUT2D eigenvalue weighted by Crippen LogP contribution is 2.18. The smallest absolute Gasteiger partial charge is 0.208 e. The van der Waals surface area contributed by atoms with Crippen molar-refractivity contribution in [3.63, 3.8) is 0 Å². The molecule has 0 spiro atoms. The Morgan fingerprint density at radius 3 is 3.12 bits per heavy atom. The topological polar surface area (TPSA) is 41.0 Å². The average Bonchev–Trinajstić information content (AvgIpc) is 2.83. The van der Waals surface area contributed by atoms with E-state index in [9.17, 15) is 0 Å². The first-order chi connectivity index (χ1) is 7.90. The largest absolute Gasteiger partial charge is 0.345 e. The van der Waals surface area contributed by atoms with E-state index < -0.39 is 0 Å². The van der Waals surface area contributed by atoms with Crippen molar-refractivity contribution < 1.29 is 0 Å². The molecule has 1 fully saturated rings. The molecule has 16 heavy (non-hydrogen) atoms. The fourth-order valence-electron chi connectivity index (χ4n) is 2.19. The van der Waals surface area contributed by atoms with E-state index in [2.05, 4.69) is 27.3 Å². The molecule has 1 aliphatic rings. The molecule has 0 aliphatic carbocycles. The number of nitrogens with zero attached hydrogens (tertiary/aromatic N) is 3. The molecule has 1 aromatic heterocycles. The minimum Gasteiger partial charge on any atom is -0.345 e. The molecule has 1 saturated heterocycles. The highest BCUT2D eigenvalue weighted by atomic mass is 32.1. The van der Waals surface area contributed by atoms with Crippen molar-refractivity contribution in [3.05, 3.63) is 5.51 Å². The summed E-state index contributed by atoms with van der Waals surface area (Å²) in [6.07, 6.45) is 5.13. The number of aromatic nitrogens is 2. The summed E-state index contributed by atoms with van der Waals surface area (Å²) in [5, 5.41) is 12.7. The Morgan fingerprint density at radius 2 is 2.50 bits per heavy atom. The van der Waals surface area contributed by atoms with Gasteiger partial charge in [0.15, 0.2) is 0 Å². The van der Waals surface area contributed by atoms with Crippen molar-refractivity contribution in [3.8, 4) is 0 Å². The molecular formula is C11H20N4S. The molecule has 4 nitrogen and oxygen atoms in total. The van der Waals surface area contributed by atoms with E-state index in [1.165, 1.54) is 25.8 Å². The van der Waals surface area contributed by atoms with Crippen LogP contribution >= 0.6 is 11.3 Å². The summed E-state index contributed by atoms with van der Waals surface area (Å²) < 4.78 is 0. The number of hydrogen-bond donors (Lipinski definition) is 1. The van der Waals surface area contributed by atoms with Gasteiger partial charge in [-0.05, 0) is 25.8 Å². The predicted molar refractivity (Wildman–Crippen MR) is 68.1 cm³/mol. The van der Waals surface area contributed by atoms with Gasteiger partial charge in [-0.2, -0.15) is 0 Å². The summed E-state index contributed by atoms with van der Waals surface area (Å²) in [4.78, 5) is 2.36. The Kier molecular flexibility index (Phi) is 4.54. The van der Waals surface area contributed by atoms with E-state index in [-0.39, 0.29) is 0 Å². The normalized spacial score (nSPS) is 20.9. The first-order valence-electron chi connectivity index (χ1n) is 6.14. The fourth-order valence-corrected chi connectivity index (χ4v) is 2.78. The summed E-state index contributed by atoms with van der Waals surface area (Å²) >= 11 is 1.64. The van der Waals surface area contributed by atoms with Gasteiger partial charge in [-0.1, -0.05) is 24.7 Å². The Labute approximate surface area is 101 Å². The first kappa shape index (κ1) is 11.8. The highest BCUT2D eigenvalue weighted by molar-refractivity contribution is 7.13. The molecule has 0 bridgehead atoms. The third-order valence-corrected chi connectivity index (χ3v) is 3.72. The number of nitrogens with one attached hydrogen (secondary N) is 1. The molecule has 2 rings (SSSR count). The van der Waals surface area contributed by atoms with Crippen LogP contribution < -0.4 is 10.2 Å². The van der Waals surface area contributed by atoms with E-state index in [0.29, 0.717) is 6.04 Å². The van der Waals surface area contributed by atoms with Crippen LogP contribution in [0.25, 0.3) is 0 Å². The molecule has 5 heteroatoms. The Balaban J connectivity index is 1.91. The van der Waals surface area contributed by atoms with Crippen LogP contribution in [-0.4, -0.2) is 35.9 Å². The van der Waals surface area contributed by atoms with E-state index >= 15 is 0 Å². The van der Waals surface area contributed by atoms with E-state index in [4.69, 9.17) is 0 Å². The Morgan fingerprint density at radius 1 is 1.56 bits per heavy atom. The van der Waals surface area contributed by atoms with Crippen LogP contribution in [0.15, 0.2) is 5.51 Å². The molecule has 0 amide bonds. The summed E-state index contributed by atoms with van der Waals surface area (Å²) in [6.45, 7) is 5.53. The van der Waals surface area contributed by atoms with Crippen LogP contribution in [0.1, 0.15) is 32.6 Å². The van der Waals surface area contributed by atoms with Crippen molar-refractivity contribution in [2.75, 3.05) is 24.5 Å². The second kappa shape index (κ2) is 6.15. The summed E-state index contributed by atoms with van der Waals surface area (Å²) in [5.74, 6) is 0. The van der Waals surface area contributed by atoms with Gasteiger partial charge in [0, 0.05) is 19.1 Å². The van der Waals surface area contributed by atoms with Gasteiger partial charge in [-0.25, -0.2) is 0 Å². The van der Waals surface area contributed by atoms with Crippen molar-refractivity contribution in [2.45, 2.75) is 38.6 Å². The average molecular weight is 240 g/mol. The zero-order valence-electron chi connectivity index (χ0n) is 9.85. The van der Waals surface area contributed by atoms with Crippen LogP contribution in [0.3, 0.4) is 0 Å². The molecule has 2 heterocycles. The predicted octanol–water partition coefficient (Wildman–Crippen LogP) is 1.90. The van der Waals surface area contributed by atoms with Gasteiger partial charge in [-0.3, -0.25) is 0 Å². The second-order valence-electron chi connectivity index (χ2n) is 4.31. The van der Waals surface area contributed by atoms with Crippen LogP contribution in [0, 0.1) is 0 Å². The molecule has 1 N–H and O–H groups in total. The lowest BCUT2D eigenvalue weighted by molar-refractivity contribution is 0.399. The van der Waals surface area contributed by atoms with Gasteiger partial charge in [0.1, 0.15) is 5.51 Å². The van der Waals surface area contributed by atoms with Crippen molar-refractivity contribution in [2.24, 2.45) is 0 Å². The zero-order chi connectivity index (χ0) is 11.2. The van der Waals surface area contributed by atoms with E-state index in [0.717, 1.165) is 24.6 Å². The Bertz CT molecular complexity index is 282. The number of piperidine rings is 1. The van der Waals surface area contributed by atoms with Gasteiger partial charge in [-0.15, -0.1) is 10.2 Å². The lowest BCUT2D eigenvalue weighted by Gasteiger charge is -2.29. The summed E-state index contributed by atoms with van der Waals surface area (Å²) in [5.41, 5.74) is 1.81. The van der Waals surface area contributed by atoms with Crippen LogP contribution in [-0.2, 0) is 0 Å². The van der Waals surface area contributed by atoms with Crippen LogP contribution in [0.4, 0.5) is 5.13 Å². The maximum absolute atomic E-state index is 4.17. The standard InChI is InChI=1S/C11H20N4S/c1-2-7-15(11-14-13-9-16-11)8-10-5-3-4-6-12-10/h9-10,12H,2-8H2,1H3. The molecule has 0 aromatic carbocycles. The van der Waals surface area contributed by atoms with Crippen LogP contribution in [0.5, 0.6) is 0 Å². The summed E-state index contributed by atoms with van der Waals surface area (Å²) in [6, 6.07) is 0.629. The quantitative estimate of drug-likeness (QED) is 0.853. The third-order valence-electron chi connectivity index (χ3n) is 2.97. The van der Waals surface area contributed by atoms with Crippen molar-refractivity contribution in [1.82, 2.24) is 15.5 Å². The molecule has 0 saturated carbocycles. The number of rotatable bonds is 5. The minimum absolute atomic E-state index is 0.629. The van der Waals surface area contributed by atoms with E-state index in [1.807, 2.05) is 5.51 Å². The number of hydrogen-bond acceptors (Lipinski definition) is 5. The third kappa shape index (κ3) is 3.15. The highest BCUT2D eigenvalue weighted by Gasteiger charge is 2.17. The Hall–Kier alpha value is -0.680. The molecule has 1 unspecified atom stereocenters. The SMILES string of the molecule is CCCN(CC1CCCCN1)c1nncs1.